The largest absolute Gasteiger partial charge is 0.481 e. The van der Waals surface area contributed by atoms with Gasteiger partial charge in [-0.25, -0.2) is 4.98 Å². The number of halogens is 1. The van der Waals surface area contributed by atoms with Crippen LogP contribution in [0, 0.1) is 0 Å². The molecule has 0 fully saturated rings. The van der Waals surface area contributed by atoms with E-state index in [0.717, 1.165) is 10.2 Å². The number of nitrogens with zero attached hydrogens (tertiary/aromatic N) is 1. The second-order valence-electron chi connectivity index (χ2n) is 4.95. The van der Waals surface area contributed by atoms with Crippen LogP contribution in [-0.4, -0.2) is 17.0 Å². The van der Waals surface area contributed by atoms with Crippen LogP contribution in [0.25, 0.3) is 10.2 Å². The molecule has 0 spiro atoms. The standard InChI is InChI=1S/C17H15ClN2O2S/c1-2-14(22-12-6-4-3-5-7-12)16(21)20-17-19-13-9-8-11(18)10-15(13)23-17/h3-10,14H,2H2,1H3,(H,19,20,21). The number of nitrogens with one attached hydrogen (secondary N) is 1. The Hall–Kier alpha value is -2.11. The molecule has 1 atom stereocenters. The highest BCUT2D eigenvalue weighted by molar-refractivity contribution is 7.22. The minimum Gasteiger partial charge on any atom is -0.481 e. The van der Waals surface area contributed by atoms with Crippen molar-refractivity contribution in [3.8, 4) is 5.75 Å². The molecule has 0 aliphatic heterocycles. The first kappa shape index (κ1) is 15.8. The van der Waals surface area contributed by atoms with Crippen molar-refractivity contribution in [2.45, 2.75) is 19.4 Å². The number of hydrogen-bond donors (Lipinski definition) is 1. The lowest BCUT2D eigenvalue weighted by Gasteiger charge is -2.16. The molecule has 23 heavy (non-hydrogen) atoms. The van der Waals surface area contributed by atoms with Crippen LogP contribution in [0.2, 0.25) is 5.02 Å². The number of anilines is 1. The van der Waals surface area contributed by atoms with Crippen LogP contribution < -0.4 is 10.1 Å². The molecule has 118 valence electrons. The molecular weight excluding hydrogens is 332 g/mol. The molecule has 0 saturated heterocycles. The summed E-state index contributed by atoms with van der Waals surface area (Å²) in [4.78, 5) is 16.8. The van der Waals surface area contributed by atoms with Gasteiger partial charge in [0.2, 0.25) is 0 Å². The van der Waals surface area contributed by atoms with Crippen molar-refractivity contribution in [3.63, 3.8) is 0 Å². The van der Waals surface area contributed by atoms with Gasteiger partial charge in [-0.2, -0.15) is 0 Å². The number of ether oxygens (including phenoxy) is 1. The molecule has 2 aromatic carbocycles. The lowest BCUT2D eigenvalue weighted by Crippen LogP contribution is -2.32. The molecule has 1 aromatic heterocycles. The lowest BCUT2D eigenvalue weighted by molar-refractivity contribution is -0.122. The molecule has 0 bridgehead atoms. The topological polar surface area (TPSA) is 51.2 Å². The second-order valence-corrected chi connectivity index (χ2v) is 6.42. The zero-order valence-corrected chi connectivity index (χ0v) is 14.0. The van der Waals surface area contributed by atoms with Gasteiger partial charge in [0.25, 0.3) is 5.91 Å². The minimum absolute atomic E-state index is 0.207. The zero-order chi connectivity index (χ0) is 16.2. The summed E-state index contributed by atoms with van der Waals surface area (Å²) >= 11 is 7.36. The molecule has 0 aliphatic rings. The van der Waals surface area contributed by atoms with Crippen molar-refractivity contribution in [2.24, 2.45) is 0 Å². The Morgan fingerprint density at radius 3 is 2.83 bits per heavy atom. The number of carbonyl (C=O) groups is 1. The summed E-state index contributed by atoms with van der Waals surface area (Å²) in [6.45, 7) is 1.91. The van der Waals surface area contributed by atoms with E-state index in [2.05, 4.69) is 10.3 Å². The van der Waals surface area contributed by atoms with Gasteiger partial charge in [0.05, 0.1) is 10.2 Å². The molecule has 0 radical (unpaired) electrons. The molecule has 1 amide bonds. The van der Waals surface area contributed by atoms with E-state index < -0.39 is 6.10 Å². The fourth-order valence-electron chi connectivity index (χ4n) is 2.12. The lowest BCUT2D eigenvalue weighted by atomic mass is 10.2. The summed E-state index contributed by atoms with van der Waals surface area (Å²) in [5, 5.41) is 4.02. The fourth-order valence-corrected chi connectivity index (χ4v) is 3.27. The van der Waals surface area contributed by atoms with E-state index >= 15 is 0 Å². The van der Waals surface area contributed by atoms with Gasteiger partial charge >= 0.3 is 0 Å². The molecule has 0 aliphatic carbocycles. The smallest absolute Gasteiger partial charge is 0.267 e. The minimum atomic E-state index is -0.562. The van der Waals surface area contributed by atoms with Crippen molar-refractivity contribution >= 4 is 44.2 Å². The summed E-state index contributed by atoms with van der Waals surface area (Å²) in [5.41, 5.74) is 0.812. The van der Waals surface area contributed by atoms with Gasteiger partial charge in [-0.3, -0.25) is 10.1 Å². The maximum Gasteiger partial charge on any atom is 0.267 e. The first-order valence-corrected chi connectivity index (χ1v) is 8.44. The van der Waals surface area contributed by atoms with E-state index in [1.165, 1.54) is 11.3 Å². The molecule has 1 unspecified atom stereocenters. The first-order valence-electron chi connectivity index (χ1n) is 7.24. The number of thiazole rings is 1. The third kappa shape index (κ3) is 3.81. The Labute approximate surface area is 143 Å². The highest BCUT2D eigenvalue weighted by Crippen LogP contribution is 2.28. The van der Waals surface area contributed by atoms with Crippen molar-refractivity contribution in [3.05, 3.63) is 53.6 Å². The summed E-state index contributed by atoms with van der Waals surface area (Å²) in [6.07, 6.45) is 0.00488. The average Bonchev–Trinajstić information content (AvgIpc) is 2.94. The predicted molar refractivity (Wildman–Crippen MR) is 94.4 cm³/mol. The van der Waals surface area contributed by atoms with Crippen molar-refractivity contribution in [1.82, 2.24) is 4.98 Å². The first-order chi connectivity index (χ1) is 11.2. The average molecular weight is 347 g/mol. The van der Waals surface area contributed by atoms with Crippen LogP contribution >= 0.6 is 22.9 Å². The second kappa shape index (κ2) is 6.98. The Morgan fingerprint density at radius 1 is 1.30 bits per heavy atom. The van der Waals surface area contributed by atoms with Gasteiger partial charge in [0.1, 0.15) is 5.75 Å². The van der Waals surface area contributed by atoms with Gasteiger partial charge in [0, 0.05) is 5.02 Å². The van der Waals surface area contributed by atoms with E-state index in [4.69, 9.17) is 16.3 Å². The van der Waals surface area contributed by atoms with Crippen LogP contribution in [0.3, 0.4) is 0 Å². The third-order valence-electron chi connectivity index (χ3n) is 3.27. The zero-order valence-electron chi connectivity index (χ0n) is 12.5. The fraction of sp³-hybridized carbons (Fsp3) is 0.176. The summed E-state index contributed by atoms with van der Waals surface area (Å²) in [5.74, 6) is 0.465. The number of fused-ring (bicyclic) bond motifs is 1. The third-order valence-corrected chi connectivity index (χ3v) is 4.43. The van der Waals surface area contributed by atoms with Gasteiger partial charge in [-0.05, 0) is 36.8 Å². The number of hydrogen-bond acceptors (Lipinski definition) is 4. The Bertz CT molecular complexity index is 820. The van der Waals surface area contributed by atoms with Crippen molar-refractivity contribution in [1.29, 1.82) is 0 Å². The Balaban J connectivity index is 1.73. The van der Waals surface area contributed by atoms with E-state index in [0.29, 0.717) is 22.3 Å². The Morgan fingerprint density at radius 2 is 2.09 bits per heavy atom. The quantitative estimate of drug-likeness (QED) is 0.725. The Kier molecular flexibility index (Phi) is 4.79. The van der Waals surface area contributed by atoms with Crippen molar-refractivity contribution in [2.75, 3.05) is 5.32 Å². The van der Waals surface area contributed by atoms with Gasteiger partial charge in [-0.1, -0.05) is 48.1 Å². The SMILES string of the molecule is CCC(Oc1ccccc1)C(=O)Nc1nc2ccc(Cl)cc2s1. The van der Waals surface area contributed by atoms with Crippen LogP contribution in [-0.2, 0) is 4.79 Å². The summed E-state index contributed by atoms with van der Waals surface area (Å²) in [7, 11) is 0. The maximum atomic E-state index is 12.4. The predicted octanol–water partition coefficient (Wildman–Crippen LogP) is 4.75. The molecule has 3 aromatic rings. The number of amides is 1. The van der Waals surface area contributed by atoms with E-state index in [1.54, 1.807) is 6.07 Å². The van der Waals surface area contributed by atoms with Crippen molar-refractivity contribution < 1.29 is 9.53 Å². The molecule has 0 saturated carbocycles. The van der Waals surface area contributed by atoms with E-state index in [9.17, 15) is 4.79 Å². The number of benzene rings is 2. The van der Waals surface area contributed by atoms with Gasteiger partial charge in [0.15, 0.2) is 11.2 Å². The van der Waals surface area contributed by atoms with Gasteiger partial charge < -0.3 is 4.74 Å². The van der Waals surface area contributed by atoms with Crippen LogP contribution in [0.4, 0.5) is 5.13 Å². The van der Waals surface area contributed by atoms with Crippen LogP contribution in [0.1, 0.15) is 13.3 Å². The normalized spacial score (nSPS) is 12.1. The van der Waals surface area contributed by atoms with E-state index in [-0.39, 0.29) is 5.91 Å². The van der Waals surface area contributed by atoms with Crippen LogP contribution in [0.15, 0.2) is 48.5 Å². The maximum absolute atomic E-state index is 12.4. The molecule has 6 heteroatoms. The van der Waals surface area contributed by atoms with E-state index in [1.807, 2.05) is 49.4 Å². The number of para-hydroxylation sites is 1. The molecule has 1 N–H and O–H groups in total. The number of carbonyl (C=O) groups excluding carboxylic acids is 1. The highest BCUT2D eigenvalue weighted by atomic mass is 35.5. The molecule has 1 heterocycles. The highest BCUT2D eigenvalue weighted by Gasteiger charge is 2.20. The number of aromatic nitrogens is 1. The summed E-state index contributed by atoms with van der Waals surface area (Å²) in [6, 6.07) is 14.8. The van der Waals surface area contributed by atoms with Crippen LogP contribution in [0.5, 0.6) is 5.75 Å². The monoisotopic (exact) mass is 346 g/mol. The number of rotatable bonds is 5. The molecule has 4 nitrogen and oxygen atoms in total. The van der Waals surface area contributed by atoms with Gasteiger partial charge in [-0.15, -0.1) is 0 Å². The summed E-state index contributed by atoms with van der Waals surface area (Å²) < 4.78 is 6.67. The molecule has 3 rings (SSSR count). The molecular formula is C17H15ClN2O2S.